The van der Waals surface area contributed by atoms with Gasteiger partial charge in [-0.3, -0.25) is 0 Å². The van der Waals surface area contributed by atoms with Crippen LogP contribution in [0.3, 0.4) is 0 Å². The molecule has 0 saturated carbocycles. The van der Waals surface area contributed by atoms with Gasteiger partial charge in [-0.1, -0.05) is 29.3 Å². The van der Waals surface area contributed by atoms with Gasteiger partial charge in [-0.05, 0) is 29.8 Å². The van der Waals surface area contributed by atoms with Gasteiger partial charge in [0.2, 0.25) is 0 Å². The van der Waals surface area contributed by atoms with Crippen LogP contribution in [0.2, 0.25) is 10.2 Å². The van der Waals surface area contributed by atoms with Gasteiger partial charge in [0, 0.05) is 6.54 Å². The Labute approximate surface area is 114 Å². The topological polar surface area (TPSA) is 71.2 Å². The predicted molar refractivity (Wildman–Crippen MR) is 74.1 cm³/mol. The Morgan fingerprint density at radius 2 is 2.00 bits per heavy atom. The van der Waals surface area contributed by atoms with E-state index < -0.39 is 0 Å². The van der Waals surface area contributed by atoms with E-state index in [2.05, 4.69) is 10.3 Å². The second-order valence-corrected chi connectivity index (χ2v) is 4.51. The van der Waals surface area contributed by atoms with Crippen molar-refractivity contribution in [3.63, 3.8) is 0 Å². The number of nitrogens with zero attached hydrogens (tertiary/aromatic N) is 1. The molecule has 4 N–H and O–H groups in total. The molecule has 1 aromatic carbocycles. The first kappa shape index (κ1) is 12.8. The van der Waals surface area contributed by atoms with E-state index in [9.17, 15) is 5.11 Å². The lowest BCUT2D eigenvalue weighted by Gasteiger charge is -2.08. The first-order valence-corrected chi connectivity index (χ1v) is 5.95. The fraction of sp³-hybridized carbons (Fsp3) is 0.0833. The quantitative estimate of drug-likeness (QED) is 0.459. The van der Waals surface area contributed by atoms with Crippen LogP contribution in [0.15, 0.2) is 30.3 Å². The third kappa shape index (κ3) is 2.97. The second kappa shape index (κ2) is 5.33. The summed E-state index contributed by atoms with van der Waals surface area (Å²) in [5, 5.41) is 13.4. The van der Waals surface area contributed by atoms with Crippen LogP contribution < -0.4 is 11.1 Å². The Balaban J connectivity index is 2.11. The number of pyridine rings is 1. The number of rotatable bonds is 3. The van der Waals surface area contributed by atoms with Crippen molar-refractivity contribution < 1.29 is 5.11 Å². The molecule has 4 nitrogen and oxygen atoms in total. The lowest BCUT2D eigenvalue weighted by atomic mass is 10.2. The molecule has 0 aliphatic carbocycles. The van der Waals surface area contributed by atoms with Crippen LogP contribution in [0.25, 0.3) is 0 Å². The minimum Gasteiger partial charge on any atom is -0.506 e. The van der Waals surface area contributed by atoms with Crippen molar-refractivity contribution >= 4 is 34.7 Å². The van der Waals surface area contributed by atoms with Crippen LogP contribution in [0, 0.1) is 0 Å². The zero-order valence-electron chi connectivity index (χ0n) is 9.32. The van der Waals surface area contributed by atoms with Crippen molar-refractivity contribution in [3.05, 3.63) is 46.1 Å². The summed E-state index contributed by atoms with van der Waals surface area (Å²) in [6.07, 6.45) is 0. The highest BCUT2D eigenvalue weighted by Crippen LogP contribution is 2.24. The summed E-state index contributed by atoms with van der Waals surface area (Å²) in [7, 11) is 0. The Bertz CT molecular complexity index is 575. The van der Waals surface area contributed by atoms with E-state index >= 15 is 0 Å². The number of anilines is 2. The first-order chi connectivity index (χ1) is 8.56. The minimum absolute atomic E-state index is 0.0550. The van der Waals surface area contributed by atoms with Crippen molar-refractivity contribution in [3.8, 4) is 5.75 Å². The monoisotopic (exact) mass is 283 g/mol. The summed E-state index contributed by atoms with van der Waals surface area (Å²) in [4.78, 5) is 4.06. The van der Waals surface area contributed by atoms with Crippen molar-refractivity contribution in [1.82, 2.24) is 4.98 Å². The fourth-order valence-corrected chi connectivity index (χ4v) is 1.75. The van der Waals surface area contributed by atoms with Gasteiger partial charge in [0.05, 0.1) is 10.7 Å². The molecule has 2 aromatic rings. The van der Waals surface area contributed by atoms with Gasteiger partial charge in [-0.15, -0.1) is 0 Å². The van der Waals surface area contributed by atoms with Crippen LogP contribution in [0.4, 0.5) is 11.5 Å². The van der Waals surface area contributed by atoms with E-state index in [4.69, 9.17) is 28.9 Å². The normalized spacial score (nSPS) is 10.3. The predicted octanol–water partition coefficient (Wildman–Crippen LogP) is 3.29. The molecule has 6 heteroatoms. The van der Waals surface area contributed by atoms with Gasteiger partial charge in [-0.25, -0.2) is 4.98 Å². The number of aromatic hydroxyl groups is 1. The van der Waals surface area contributed by atoms with E-state index in [0.717, 1.165) is 5.56 Å². The number of nitrogens with one attached hydrogen (secondary N) is 1. The molecule has 0 amide bonds. The van der Waals surface area contributed by atoms with Crippen molar-refractivity contribution in [2.24, 2.45) is 0 Å². The molecule has 0 radical (unpaired) electrons. The molecule has 0 fully saturated rings. The zero-order valence-corrected chi connectivity index (χ0v) is 10.8. The highest BCUT2D eigenvalue weighted by molar-refractivity contribution is 6.34. The molecule has 0 spiro atoms. The first-order valence-electron chi connectivity index (χ1n) is 5.19. The molecular formula is C12H11Cl2N3O. The maximum Gasteiger partial charge on any atom is 0.146 e. The zero-order chi connectivity index (χ0) is 13.1. The molecule has 0 bridgehead atoms. The minimum atomic E-state index is 0.0550. The van der Waals surface area contributed by atoms with Gasteiger partial charge in [-0.2, -0.15) is 0 Å². The molecule has 1 heterocycles. The number of benzene rings is 1. The highest BCUT2D eigenvalue weighted by atomic mass is 35.5. The van der Waals surface area contributed by atoms with Crippen molar-refractivity contribution in [2.45, 2.75) is 6.54 Å². The lowest BCUT2D eigenvalue weighted by Crippen LogP contribution is -2.02. The average molecular weight is 284 g/mol. The van der Waals surface area contributed by atoms with Gasteiger partial charge >= 0.3 is 0 Å². The van der Waals surface area contributed by atoms with Gasteiger partial charge < -0.3 is 16.2 Å². The third-order valence-electron chi connectivity index (χ3n) is 2.37. The molecule has 0 atom stereocenters. The number of hydrogen-bond donors (Lipinski definition) is 3. The number of aromatic nitrogens is 1. The van der Waals surface area contributed by atoms with Crippen LogP contribution >= 0.6 is 23.2 Å². The summed E-state index contributed by atoms with van der Waals surface area (Å²) < 4.78 is 0. The largest absolute Gasteiger partial charge is 0.506 e. The fourth-order valence-electron chi connectivity index (χ4n) is 1.43. The van der Waals surface area contributed by atoms with Crippen LogP contribution in [-0.4, -0.2) is 10.1 Å². The van der Waals surface area contributed by atoms with E-state index in [1.54, 1.807) is 30.3 Å². The van der Waals surface area contributed by atoms with Crippen LogP contribution in [-0.2, 0) is 6.54 Å². The number of nitrogens with two attached hydrogens (primary N) is 1. The van der Waals surface area contributed by atoms with Crippen LogP contribution in [0.5, 0.6) is 5.75 Å². The summed E-state index contributed by atoms with van der Waals surface area (Å²) in [6.45, 7) is 0.459. The van der Waals surface area contributed by atoms with E-state index in [0.29, 0.717) is 28.2 Å². The van der Waals surface area contributed by atoms with Crippen molar-refractivity contribution in [1.29, 1.82) is 0 Å². The number of halogens is 2. The Kier molecular flexibility index (Phi) is 3.79. The standard InChI is InChI=1S/C12H11Cl2N3O/c13-8-2-4-11(14)17-12(8)16-6-7-1-3-9(15)10(18)5-7/h1-5,18H,6,15H2,(H,16,17). The molecule has 0 aliphatic heterocycles. The molecule has 0 saturated heterocycles. The number of nitrogen functional groups attached to an aromatic ring is 1. The SMILES string of the molecule is Nc1ccc(CNc2nc(Cl)ccc2Cl)cc1O. The Hall–Kier alpha value is -1.65. The second-order valence-electron chi connectivity index (χ2n) is 3.71. The van der Waals surface area contributed by atoms with E-state index in [1.807, 2.05) is 0 Å². The number of phenols is 1. The van der Waals surface area contributed by atoms with Crippen molar-refractivity contribution in [2.75, 3.05) is 11.1 Å². The average Bonchev–Trinajstić information content (AvgIpc) is 2.34. The number of hydrogen-bond acceptors (Lipinski definition) is 4. The van der Waals surface area contributed by atoms with Gasteiger partial charge in [0.25, 0.3) is 0 Å². The van der Waals surface area contributed by atoms with E-state index in [1.165, 1.54) is 0 Å². The molecule has 94 valence electrons. The summed E-state index contributed by atoms with van der Waals surface area (Å²) in [5.74, 6) is 0.555. The molecule has 0 aliphatic rings. The number of phenolic OH excluding ortho intramolecular Hbond substituents is 1. The Morgan fingerprint density at radius 3 is 2.72 bits per heavy atom. The third-order valence-corrected chi connectivity index (χ3v) is 2.88. The molecule has 2 rings (SSSR count). The molecule has 18 heavy (non-hydrogen) atoms. The summed E-state index contributed by atoms with van der Waals surface area (Å²) in [5.41, 5.74) is 6.72. The van der Waals surface area contributed by atoms with E-state index in [-0.39, 0.29) is 5.75 Å². The maximum atomic E-state index is 9.48. The summed E-state index contributed by atoms with van der Waals surface area (Å²) >= 11 is 11.7. The smallest absolute Gasteiger partial charge is 0.146 e. The van der Waals surface area contributed by atoms with Crippen LogP contribution in [0.1, 0.15) is 5.56 Å². The molecule has 1 aromatic heterocycles. The van der Waals surface area contributed by atoms with Gasteiger partial charge in [0.1, 0.15) is 16.7 Å². The lowest BCUT2D eigenvalue weighted by molar-refractivity contribution is 0.477. The maximum absolute atomic E-state index is 9.48. The summed E-state index contributed by atoms with van der Waals surface area (Å²) in [6, 6.07) is 8.31. The molecular weight excluding hydrogens is 273 g/mol. The van der Waals surface area contributed by atoms with Gasteiger partial charge in [0.15, 0.2) is 0 Å². The Morgan fingerprint density at radius 1 is 1.22 bits per heavy atom. The highest BCUT2D eigenvalue weighted by Gasteiger charge is 2.04. The molecule has 0 unspecified atom stereocenters.